The van der Waals surface area contributed by atoms with E-state index in [1.165, 1.54) is 7.11 Å². The molecule has 0 aromatic rings. The Labute approximate surface area is 75.3 Å². The first-order valence-electron chi connectivity index (χ1n) is 3.90. The number of esters is 1. The molecule has 2 aliphatic heterocycles. The molecule has 0 spiro atoms. The summed E-state index contributed by atoms with van der Waals surface area (Å²) in [7, 11) is 1.37. The number of methoxy groups -OCH3 is 1. The molecule has 0 radical (unpaired) electrons. The Morgan fingerprint density at radius 2 is 2.46 bits per heavy atom. The van der Waals surface area contributed by atoms with E-state index in [1.807, 2.05) is 0 Å². The summed E-state index contributed by atoms with van der Waals surface area (Å²) < 4.78 is 4.66. The molecule has 4 nitrogen and oxygen atoms in total. The number of fused-ring (bicyclic) bond motifs is 1. The zero-order chi connectivity index (χ0) is 9.26. The van der Waals surface area contributed by atoms with Gasteiger partial charge in [0, 0.05) is 18.0 Å². The molecule has 0 unspecified atom stereocenters. The lowest BCUT2D eigenvalue weighted by Crippen LogP contribution is -2.21. The second kappa shape index (κ2) is 2.97. The fourth-order valence-corrected chi connectivity index (χ4v) is 1.32. The molecule has 0 aromatic heterocycles. The van der Waals surface area contributed by atoms with Gasteiger partial charge in [-0.2, -0.15) is 0 Å². The lowest BCUT2D eigenvalue weighted by molar-refractivity contribution is -0.142. The highest BCUT2D eigenvalue weighted by Crippen LogP contribution is 2.23. The van der Waals surface area contributed by atoms with Crippen LogP contribution in [0, 0.1) is 5.92 Å². The number of carbonyl (C=O) groups is 1. The van der Waals surface area contributed by atoms with Crippen LogP contribution in [0.2, 0.25) is 0 Å². The van der Waals surface area contributed by atoms with Gasteiger partial charge in [0.1, 0.15) is 5.92 Å². The van der Waals surface area contributed by atoms with Gasteiger partial charge in [0.25, 0.3) is 0 Å². The molecule has 0 aromatic carbocycles. The van der Waals surface area contributed by atoms with E-state index >= 15 is 0 Å². The number of ether oxygens (including phenoxy) is 1. The maximum atomic E-state index is 11.3. The lowest BCUT2D eigenvalue weighted by atomic mass is 9.97. The number of carbonyl (C=O) groups excluding carboxylic acids is 1. The summed E-state index contributed by atoms with van der Waals surface area (Å²) in [5, 5.41) is 0. The molecule has 0 saturated carbocycles. The Kier molecular flexibility index (Phi) is 1.81. The molecular formula is C9H8N2O2. The van der Waals surface area contributed by atoms with Crippen molar-refractivity contribution >= 4 is 18.0 Å². The van der Waals surface area contributed by atoms with E-state index in [0.717, 1.165) is 5.57 Å². The average Bonchev–Trinajstić information content (AvgIpc) is 2.63. The van der Waals surface area contributed by atoms with Crippen molar-refractivity contribution in [3.05, 3.63) is 23.9 Å². The third-order valence-electron chi connectivity index (χ3n) is 1.97. The third kappa shape index (κ3) is 1.20. The lowest BCUT2D eigenvalue weighted by Gasteiger charge is -2.14. The molecule has 2 rings (SSSR count). The van der Waals surface area contributed by atoms with Gasteiger partial charge in [-0.3, -0.25) is 4.79 Å². The predicted octanol–water partition coefficient (Wildman–Crippen LogP) is 0.712. The Morgan fingerprint density at radius 1 is 1.62 bits per heavy atom. The number of hydrogen-bond donors (Lipinski definition) is 0. The first-order valence-corrected chi connectivity index (χ1v) is 3.90. The summed E-state index contributed by atoms with van der Waals surface area (Å²) in [5.74, 6) is -0.0155. The topological polar surface area (TPSA) is 51.0 Å². The monoisotopic (exact) mass is 176 g/mol. The fraction of sp³-hybridized carbons (Fsp3) is 0.222. The van der Waals surface area contributed by atoms with E-state index in [0.29, 0.717) is 5.84 Å². The Morgan fingerprint density at radius 3 is 3.23 bits per heavy atom. The van der Waals surface area contributed by atoms with Gasteiger partial charge >= 0.3 is 5.97 Å². The van der Waals surface area contributed by atoms with Gasteiger partial charge in [0.05, 0.1) is 7.11 Å². The van der Waals surface area contributed by atoms with E-state index in [9.17, 15) is 4.79 Å². The molecule has 13 heavy (non-hydrogen) atoms. The van der Waals surface area contributed by atoms with E-state index < -0.39 is 0 Å². The maximum absolute atomic E-state index is 11.3. The SMILES string of the molecule is COC(=O)[C@H]1C=CN=C2N=CC=C21. The van der Waals surface area contributed by atoms with Crippen molar-refractivity contribution in [3.8, 4) is 0 Å². The highest BCUT2D eigenvalue weighted by atomic mass is 16.5. The molecule has 2 heterocycles. The van der Waals surface area contributed by atoms with E-state index in [1.54, 1.807) is 24.6 Å². The quantitative estimate of drug-likeness (QED) is 0.552. The third-order valence-corrected chi connectivity index (χ3v) is 1.97. The van der Waals surface area contributed by atoms with Crippen molar-refractivity contribution < 1.29 is 9.53 Å². The van der Waals surface area contributed by atoms with Crippen LogP contribution in [0.3, 0.4) is 0 Å². The molecule has 0 bridgehead atoms. The smallest absolute Gasteiger partial charge is 0.317 e. The van der Waals surface area contributed by atoms with Crippen molar-refractivity contribution in [3.63, 3.8) is 0 Å². The molecule has 4 heteroatoms. The maximum Gasteiger partial charge on any atom is 0.317 e. The summed E-state index contributed by atoms with van der Waals surface area (Å²) in [6.45, 7) is 0. The molecule has 1 atom stereocenters. The molecule has 66 valence electrons. The van der Waals surface area contributed by atoms with Crippen LogP contribution in [0.15, 0.2) is 33.9 Å². The normalized spacial score (nSPS) is 23.6. The van der Waals surface area contributed by atoms with Crippen molar-refractivity contribution in [2.45, 2.75) is 0 Å². The summed E-state index contributed by atoms with van der Waals surface area (Å²) in [6, 6.07) is 0. The zero-order valence-electron chi connectivity index (χ0n) is 7.10. The van der Waals surface area contributed by atoms with Crippen molar-refractivity contribution in [2.75, 3.05) is 7.11 Å². The van der Waals surface area contributed by atoms with E-state index in [2.05, 4.69) is 14.7 Å². The first-order chi connectivity index (χ1) is 6.33. The zero-order valence-corrected chi connectivity index (χ0v) is 7.10. The van der Waals surface area contributed by atoms with Gasteiger partial charge in [-0.25, -0.2) is 9.98 Å². The van der Waals surface area contributed by atoms with E-state index in [-0.39, 0.29) is 11.9 Å². The van der Waals surface area contributed by atoms with Gasteiger partial charge in [0.2, 0.25) is 0 Å². The van der Waals surface area contributed by atoms with E-state index in [4.69, 9.17) is 0 Å². The van der Waals surface area contributed by atoms with Gasteiger partial charge in [-0.05, 0) is 12.2 Å². The average molecular weight is 176 g/mol. The summed E-state index contributed by atoms with van der Waals surface area (Å²) in [6.07, 6.45) is 6.70. The number of nitrogens with zero attached hydrogens (tertiary/aromatic N) is 2. The van der Waals surface area contributed by atoms with Crippen molar-refractivity contribution in [1.82, 2.24) is 0 Å². The van der Waals surface area contributed by atoms with Crippen LogP contribution in [0.1, 0.15) is 0 Å². The van der Waals surface area contributed by atoms with Crippen molar-refractivity contribution in [2.24, 2.45) is 15.9 Å². The highest BCUT2D eigenvalue weighted by molar-refractivity contribution is 6.14. The summed E-state index contributed by atoms with van der Waals surface area (Å²) >= 11 is 0. The number of aliphatic imine (C=N–C) groups is 2. The van der Waals surface area contributed by atoms with Gasteiger partial charge < -0.3 is 4.74 Å². The second-order valence-corrected chi connectivity index (χ2v) is 2.70. The Balaban J connectivity index is 2.30. The Hall–Kier alpha value is -1.71. The largest absolute Gasteiger partial charge is 0.468 e. The van der Waals surface area contributed by atoms with Crippen LogP contribution in [-0.2, 0) is 9.53 Å². The molecule has 0 aliphatic carbocycles. The summed E-state index contributed by atoms with van der Waals surface area (Å²) in [4.78, 5) is 19.3. The van der Waals surface area contributed by atoms with Crippen LogP contribution in [0.25, 0.3) is 0 Å². The van der Waals surface area contributed by atoms with Crippen LogP contribution in [-0.4, -0.2) is 25.1 Å². The molecular weight excluding hydrogens is 168 g/mol. The predicted molar refractivity (Wildman–Crippen MR) is 48.7 cm³/mol. The standard InChI is InChI=1S/C9H8N2O2/c1-13-9(12)7-3-5-11-8-6(7)2-4-10-8/h2-5,7H,1H3/t7-/m0/s1. The van der Waals surface area contributed by atoms with Gasteiger partial charge in [0.15, 0.2) is 5.84 Å². The number of amidine groups is 1. The van der Waals surface area contributed by atoms with Crippen LogP contribution < -0.4 is 0 Å². The summed E-state index contributed by atoms with van der Waals surface area (Å²) in [5.41, 5.74) is 0.814. The second-order valence-electron chi connectivity index (χ2n) is 2.70. The molecule has 0 N–H and O–H groups in total. The number of rotatable bonds is 1. The van der Waals surface area contributed by atoms with Gasteiger partial charge in [-0.15, -0.1) is 0 Å². The Bertz CT molecular complexity index is 364. The van der Waals surface area contributed by atoms with Crippen molar-refractivity contribution in [1.29, 1.82) is 0 Å². The number of hydrogen-bond acceptors (Lipinski definition) is 4. The molecule has 0 amide bonds. The highest BCUT2D eigenvalue weighted by Gasteiger charge is 2.27. The number of allylic oxidation sites excluding steroid dienone is 1. The minimum Gasteiger partial charge on any atom is -0.468 e. The molecule has 0 saturated heterocycles. The van der Waals surface area contributed by atoms with Crippen LogP contribution in [0.4, 0.5) is 0 Å². The molecule has 2 aliphatic rings. The minimum atomic E-state index is -0.347. The first kappa shape index (κ1) is 7.91. The molecule has 0 fully saturated rings. The van der Waals surface area contributed by atoms with Gasteiger partial charge in [-0.1, -0.05) is 0 Å². The fourth-order valence-electron chi connectivity index (χ4n) is 1.32. The van der Waals surface area contributed by atoms with Crippen LogP contribution in [0.5, 0.6) is 0 Å². The van der Waals surface area contributed by atoms with Crippen LogP contribution >= 0.6 is 0 Å². The minimum absolute atomic E-state index is 0.277.